The highest BCUT2D eigenvalue weighted by Crippen LogP contribution is 2.25. The van der Waals surface area contributed by atoms with Gasteiger partial charge in [-0.2, -0.15) is 0 Å². The van der Waals surface area contributed by atoms with Gasteiger partial charge in [-0.1, -0.05) is 18.2 Å². The summed E-state index contributed by atoms with van der Waals surface area (Å²) in [5.74, 6) is 1.28. The lowest BCUT2D eigenvalue weighted by molar-refractivity contribution is -0.120. The number of amides is 1. The fourth-order valence-corrected chi connectivity index (χ4v) is 2.72. The van der Waals surface area contributed by atoms with Crippen LogP contribution in [0.2, 0.25) is 0 Å². The minimum atomic E-state index is -0.401. The first-order chi connectivity index (χ1) is 14.1. The number of pyridine rings is 1. The smallest absolute Gasteiger partial charge is 0.224 e. The number of methoxy groups -OCH3 is 2. The molecule has 0 fully saturated rings. The molecule has 2 aromatic carbocycles. The van der Waals surface area contributed by atoms with Gasteiger partial charge in [0.05, 0.1) is 20.6 Å². The molecule has 0 spiro atoms. The Morgan fingerprint density at radius 1 is 1.00 bits per heavy atom. The summed E-state index contributed by atoms with van der Waals surface area (Å²) >= 11 is 0. The summed E-state index contributed by atoms with van der Waals surface area (Å²) < 4.78 is 29.5. The average Bonchev–Trinajstić information content (AvgIpc) is 2.73. The number of hydrogen-bond acceptors (Lipinski definition) is 5. The Morgan fingerprint density at radius 2 is 1.86 bits per heavy atom. The zero-order chi connectivity index (χ0) is 20.6. The van der Waals surface area contributed by atoms with Crippen LogP contribution in [0, 0.1) is 5.82 Å². The van der Waals surface area contributed by atoms with E-state index in [0.717, 1.165) is 5.56 Å². The van der Waals surface area contributed by atoms with Crippen LogP contribution in [0.1, 0.15) is 11.1 Å². The van der Waals surface area contributed by atoms with Gasteiger partial charge in [-0.05, 0) is 24.3 Å². The fourth-order valence-electron chi connectivity index (χ4n) is 2.72. The van der Waals surface area contributed by atoms with E-state index in [9.17, 15) is 9.18 Å². The number of rotatable bonds is 8. The third-order valence-electron chi connectivity index (χ3n) is 4.18. The molecule has 0 saturated carbocycles. The van der Waals surface area contributed by atoms with Gasteiger partial charge in [-0.25, -0.2) is 9.37 Å². The van der Waals surface area contributed by atoms with Crippen molar-refractivity contribution in [3.63, 3.8) is 0 Å². The second-order valence-electron chi connectivity index (χ2n) is 6.16. The summed E-state index contributed by atoms with van der Waals surface area (Å²) in [6, 6.07) is 14.6. The Hall–Kier alpha value is -3.61. The van der Waals surface area contributed by atoms with Crippen molar-refractivity contribution in [3.8, 4) is 23.1 Å². The Kier molecular flexibility index (Phi) is 6.63. The molecule has 0 radical (unpaired) electrons. The normalized spacial score (nSPS) is 10.3. The molecule has 1 aromatic heterocycles. The number of ether oxygens (including phenoxy) is 3. The quantitative estimate of drug-likeness (QED) is 0.626. The molecule has 1 heterocycles. The van der Waals surface area contributed by atoms with Crippen molar-refractivity contribution in [3.05, 3.63) is 77.7 Å². The van der Waals surface area contributed by atoms with Gasteiger partial charge in [0, 0.05) is 36.0 Å². The van der Waals surface area contributed by atoms with E-state index in [1.165, 1.54) is 12.1 Å². The van der Waals surface area contributed by atoms with Gasteiger partial charge < -0.3 is 19.5 Å². The van der Waals surface area contributed by atoms with Crippen LogP contribution in [-0.2, 0) is 17.8 Å². The van der Waals surface area contributed by atoms with Crippen LogP contribution in [0.15, 0.2) is 60.8 Å². The third kappa shape index (κ3) is 5.44. The second kappa shape index (κ2) is 9.54. The molecule has 6 nitrogen and oxygen atoms in total. The standard InChI is InChI=1S/C22H21FN2O4/c1-27-18-9-8-15(20(13-18)28-2)11-21(26)25-14-16-5-4-10-24-22(16)29-19-7-3-6-17(23)12-19/h3-10,12-13H,11,14H2,1-2H3,(H,25,26). The van der Waals surface area contributed by atoms with E-state index in [2.05, 4.69) is 10.3 Å². The Bertz CT molecular complexity index is 994. The molecule has 0 saturated heterocycles. The monoisotopic (exact) mass is 396 g/mol. The number of hydrogen-bond donors (Lipinski definition) is 1. The van der Waals surface area contributed by atoms with Gasteiger partial charge in [0.1, 0.15) is 23.1 Å². The molecule has 29 heavy (non-hydrogen) atoms. The second-order valence-corrected chi connectivity index (χ2v) is 6.16. The molecule has 0 aliphatic carbocycles. The predicted molar refractivity (Wildman–Crippen MR) is 106 cm³/mol. The minimum absolute atomic E-state index is 0.146. The van der Waals surface area contributed by atoms with Crippen molar-refractivity contribution in [2.24, 2.45) is 0 Å². The number of carbonyl (C=O) groups is 1. The molecular weight excluding hydrogens is 375 g/mol. The summed E-state index contributed by atoms with van der Waals surface area (Å²) in [6.45, 7) is 0.218. The number of benzene rings is 2. The summed E-state index contributed by atoms with van der Waals surface area (Å²) in [7, 11) is 3.11. The van der Waals surface area contributed by atoms with Gasteiger partial charge in [0.15, 0.2) is 0 Å². The van der Waals surface area contributed by atoms with Crippen LogP contribution in [0.5, 0.6) is 23.1 Å². The number of aromatic nitrogens is 1. The van der Waals surface area contributed by atoms with Crippen LogP contribution in [0.25, 0.3) is 0 Å². The van der Waals surface area contributed by atoms with Crippen molar-refractivity contribution < 1.29 is 23.4 Å². The first-order valence-corrected chi connectivity index (χ1v) is 8.94. The lowest BCUT2D eigenvalue weighted by Crippen LogP contribution is -2.25. The third-order valence-corrected chi connectivity index (χ3v) is 4.18. The first-order valence-electron chi connectivity index (χ1n) is 8.94. The molecule has 3 rings (SSSR count). The molecule has 0 bridgehead atoms. The van der Waals surface area contributed by atoms with Crippen LogP contribution in [-0.4, -0.2) is 25.1 Å². The summed E-state index contributed by atoms with van der Waals surface area (Å²) in [5, 5.41) is 2.85. The highest BCUT2D eigenvalue weighted by Gasteiger charge is 2.12. The Morgan fingerprint density at radius 3 is 2.62 bits per heavy atom. The Labute approximate surface area is 168 Å². The van der Waals surface area contributed by atoms with E-state index in [1.54, 1.807) is 62.9 Å². The number of nitrogens with one attached hydrogen (secondary N) is 1. The van der Waals surface area contributed by atoms with Crippen molar-refractivity contribution in [1.82, 2.24) is 10.3 Å². The molecule has 1 amide bonds. The molecule has 0 atom stereocenters. The molecule has 0 unspecified atom stereocenters. The topological polar surface area (TPSA) is 69.7 Å². The SMILES string of the molecule is COc1ccc(CC(=O)NCc2cccnc2Oc2cccc(F)c2)c(OC)c1. The maximum atomic E-state index is 13.4. The summed E-state index contributed by atoms with van der Waals surface area (Å²) in [5.41, 5.74) is 1.42. The Balaban J connectivity index is 1.65. The molecule has 3 aromatic rings. The van der Waals surface area contributed by atoms with Gasteiger partial charge in [0.25, 0.3) is 0 Å². The highest BCUT2D eigenvalue weighted by molar-refractivity contribution is 5.79. The lowest BCUT2D eigenvalue weighted by atomic mass is 10.1. The maximum Gasteiger partial charge on any atom is 0.224 e. The maximum absolute atomic E-state index is 13.4. The number of nitrogens with zero attached hydrogens (tertiary/aromatic N) is 1. The van der Waals surface area contributed by atoms with Gasteiger partial charge in [-0.15, -0.1) is 0 Å². The zero-order valence-electron chi connectivity index (χ0n) is 16.1. The zero-order valence-corrected chi connectivity index (χ0v) is 16.1. The van der Waals surface area contributed by atoms with Crippen LogP contribution >= 0.6 is 0 Å². The largest absolute Gasteiger partial charge is 0.497 e. The number of halogens is 1. The van der Waals surface area contributed by atoms with Gasteiger partial charge in [0.2, 0.25) is 11.8 Å². The number of carbonyl (C=O) groups excluding carboxylic acids is 1. The molecule has 7 heteroatoms. The molecular formula is C22H21FN2O4. The van der Waals surface area contributed by atoms with Gasteiger partial charge >= 0.3 is 0 Å². The summed E-state index contributed by atoms with van der Waals surface area (Å²) in [4.78, 5) is 16.6. The van der Waals surface area contributed by atoms with E-state index in [4.69, 9.17) is 14.2 Å². The molecule has 1 N–H and O–H groups in total. The van der Waals surface area contributed by atoms with E-state index >= 15 is 0 Å². The first kappa shape index (κ1) is 20.1. The van der Waals surface area contributed by atoms with Crippen LogP contribution in [0.3, 0.4) is 0 Å². The van der Waals surface area contributed by atoms with Crippen LogP contribution in [0.4, 0.5) is 4.39 Å². The van der Waals surface area contributed by atoms with Crippen molar-refractivity contribution in [2.45, 2.75) is 13.0 Å². The van der Waals surface area contributed by atoms with E-state index < -0.39 is 5.82 Å². The predicted octanol–water partition coefficient (Wildman–Crippen LogP) is 3.89. The van der Waals surface area contributed by atoms with Crippen LogP contribution < -0.4 is 19.5 Å². The summed E-state index contributed by atoms with van der Waals surface area (Å²) in [6.07, 6.45) is 1.72. The van der Waals surface area contributed by atoms with Crippen molar-refractivity contribution in [2.75, 3.05) is 14.2 Å². The fraction of sp³-hybridized carbons (Fsp3) is 0.182. The minimum Gasteiger partial charge on any atom is -0.497 e. The van der Waals surface area contributed by atoms with E-state index in [1.807, 2.05) is 0 Å². The van der Waals surface area contributed by atoms with Crippen molar-refractivity contribution in [1.29, 1.82) is 0 Å². The molecule has 150 valence electrons. The average molecular weight is 396 g/mol. The van der Waals surface area contributed by atoms with Gasteiger partial charge in [-0.3, -0.25) is 4.79 Å². The lowest BCUT2D eigenvalue weighted by Gasteiger charge is -2.12. The van der Waals surface area contributed by atoms with E-state index in [-0.39, 0.29) is 18.9 Å². The molecule has 0 aliphatic rings. The highest BCUT2D eigenvalue weighted by atomic mass is 19.1. The van der Waals surface area contributed by atoms with E-state index in [0.29, 0.717) is 28.7 Å². The van der Waals surface area contributed by atoms with Crippen molar-refractivity contribution >= 4 is 5.91 Å². The molecule has 0 aliphatic heterocycles.